The van der Waals surface area contributed by atoms with Gasteiger partial charge in [-0.15, -0.1) is 0 Å². The van der Waals surface area contributed by atoms with Crippen molar-refractivity contribution in [2.45, 2.75) is 37.7 Å². The van der Waals surface area contributed by atoms with Crippen LogP contribution in [0.15, 0.2) is 57.9 Å². The van der Waals surface area contributed by atoms with E-state index in [-0.39, 0.29) is 12.2 Å². The molecule has 0 saturated carbocycles. The van der Waals surface area contributed by atoms with Crippen molar-refractivity contribution in [1.82, 2.24) is 19.3 Å². The number of hydrogen-bond donors (Lipinski definition) is 0. The van der Waals surface area contributed by atoms with Crippen LogP contribution in [0.5, 0.6) is 0 Å². The predicted octanol–water partition coefficient (Wildman–Crippen LogP) is 3.33. The average molecular weight is 526 g/mol. The molecular formula is C26H31N5O5S. The fourth-order valence-corrected chi connectivity index (χ4v) is 6.16. The van der Waals surface area contributed by atoms with E-state index in [9.17, 15) is 13.2 Å². The molecule has 2 fully saturated rings. The summed E-state index contributed by atoms with van der Waals surface area (Å²) in [5, 5.41) is 3.92. The molecule has 2 aliphatic rings. The maximum Gasteiger partial charge on any atom is 0.414 e. The van der Waals surface area contributed by atoms with Gasteiger partial charge in [-0.1, -0.05) is 30.6 Å². The topological polar surface area (TPSA) is 109 Å². The van der Waals surface area contributed by atoms with Gasteiger partial charge in [-0.05, 0) is 48.4 Å². The third-order valence-corrected chi connectivity index (χ3v) is 8.64. The number of benzene rings is 2. The Balaban J connectivity index is 1.14. The highest BCUT2D eigenvalue weighted by molar-refractivity contribution is 7.89. The summed E-state index contributed by atoms with van der Waals surface area (Å²) in [6.45, 7) is 6.80. The molecule has 3 aromatic rings. The second-order valence-electron chi connectivity index (χ2n) is 9.40. The number of cyclic esters (lactones) is 1. The van der Waals surface area contributed by atoms with Gasteiger partial charge in [-0.25, -0.2) is 13.2 Å². The van der Waals surface area contributed by atoms with Crippen molar-refractivity contribution in [1.29, 1.82) is 0 Å². The minimum absolute atomic E-state index is 0.290. The number of aromatic nitrogens is 2. The first-order chi connectivity index (χ1) is 17.8. The van der Waals surface area contributed by atoms with Gasteiger partial charge < -0.3 is 9.26 Å². The molecular weight excluding hydrogens is 494 g/mol. The van der Waals surface area contributed by atoms with E-state index in [0.29, 0.717) is 55.9 Å². The summed E-state index contributed by atoms with van der Waals surface area (Å²) in [4.78, 5) is 20.9. The number of ether oxygens (including phenoxy) is 1. The zero-order valence-electron chi connectivity index (χ0n) is 21.0. The largest absolute Gasteiger partial charge is 0.443 e. The van der Waals surface area contributed by atoms with Gasteiger partial charge in [0.25, 0.3) is 0 Å². The van der Waals surface area contributed by atoms with Crippen molar-refractivity contribution in [3.05, 3.63) is 60.0 Å². The third-order valence-electron chi connectivity index (χ3n) is 6.73. The van der Waals surface area contributed by atoms with Crippen LogP contribution < -0.4 is 4.90 Å². The lowest BCUT2D eigenvalue weighted by Crippen LogP contribution is -2.50. The number of anilines is 1. The van der Waals surface area contributed by atoms with Gasteiger partial charge >= 0.3 is 6.09 Å². The summed E-state index contributed by atoms with van der Waals surface area (Å²) in [5.74, 6) is 0.991. The van der Waals surface area contributed by atoms with E-state index in [2.05, 4.69) is 22.0 Å². The van der Waals surface area contributed by atoms with Crippen molar-refractivity contribution >= 4 is 21.8 Å². The van der Waals surface area contributed by atoms with E-state index in [1.54, 1.807) is 24.0 Å². The molecule has 2 aromatic carbocycles. The molecule has 196 valence electrons. The molecule has 0 bridgehead atoms. The van der Waals surface area contributed by atoms with Crippen LogP contribution in [0.3, 0.4) is 0 Å². The first kappa shape index (κ1) is 25.4. The number of nitrogens with zero attached hydrogens (tertiary/aromatic N) is 5. The van der Waals surface area contributed by atoms with Crippen molar-refractivity contribution < 1.29 is 22.5 Å². The normalized spacial score (nSPS) is 19.4. The Labute approximate surface area is 216 Å². The summed E-state index contributed by atoms with van der Waals surface area (Å²) >= 11 is 0. The van der Waals surface area contributed by atoms with Gasteiger partial charge in [-0.2, -0.15) is 9.29 Å². The molecule has 5 rings (SSSR count). The maximum absolute atomic E-state index is 13.1. The van der Waals surface area contributed by atoms with Crippen LogP contribution in [0.2, 0.25) is 0 Å². The van der Waals surface area contributed by atoms with Crippen LogP contribution in [0.4, 0.5) is 10.5 Å². The van der Waals surface area contributed by atoms with Gasteiger partial charge in [0.1, 0.15) is 6.10 Å². The molecule has 1 unspecified atom stereocenters. The molecule has 0 aliphatic carbocycles. The molecule has 1 aromatic heterocycles. The lowest BCUT2D eigenvalue weighted by molar-refractivity contribution is 0.0937. The van der Waals surface area contributed by atoms with Crippen molar-refractivity contribution in [3.63, 3.8) is 0 Å². The van der Waals surface area contributed by atoms with E-state index in [1.807, 2.05) is 36.4 Å². The minimum Gasteiger partial charge on any atom is -0.443 e. The predicted molar refractivity (Wildman–Crippen MR) is 138 cm³/mol. The first-order valence-corrected chi connectivity index (χ1v) is 14.0. The molecule has 1 atom stereocenters. The Hall–Kier alpha value is -3.28. The average Bonchev–Trinajstić information content (AvgIpc) is 3.50. The molecule has 11 heteroatoms. The van der Waals surface area contributed by atoms with E-state index in [1.165, 1.54) is 4.31 Å². The van der Waals surface area contributed by atoms with Gasteiger partial charge in [0.05, 0.1) is 11.4 Å². The highest BCUT2D eigenvalue weighted by Crippen LogP contribution is 2.26. The number of aryl methyl sites for hydroxylation is 2. The quantitative estimate of drug-likeness (QED) is 0.441. The standard InChI is InChI=1S/C26H31N5O5S/c1-3-4-20-5-11-24(12-6-20)37(33,34)30-15-13-29(14-16-30)17-23-18-31(26(32)35-23)22-9-7-21(8-10-22)25-27-19(2)36-28-25/h5-12,23H,3-4,13-18H2,1-2H3. The van der Waals surface area contributed by atoms with Crippen molar-refractivity contribution in [2.75, 3.05) is 44.2 Å². The van der Waals surface area contributed by atoms with Crippen LogP contribution in [0, 0.1) is 6.92 Å². The fourth-order valence-electron chi connectivity index (χ4n) is 4.74. The molecule has 0 N–H and O–H groups in total. The number of carbonyl (C=O) groups is 1. The number of rotatable bonds is 8. The monoisotopic (exact) mass is 525 g/mol. The van der Waals surface area contributed by atoms with Crippen molar-refractivity contribution in [3.8, 4) is 11.4 Å². The van der Waals surface area contributed by atoms with Gasteiger partial charge in [0.15, 0.2) is 0 Å². The van der Waals surface area contributed by atoms with Gasteiger partial charge in [-0.3, -0.25) is 9.80 Å². The van der Waals surface area contributed by atoms with E-state index in [0.717, 1.165) is 29.7 Å². The van der Waals surface area contributed by atoms with Crippen LogP contribution in [0.25, 0.3) is 11.4 Å². The summed E-state index contributed by atoms with van der Waals surface area (Å²) in [5.41, 5.74) is 2.68. The molecule has 1 amide bonds. The number of amides is 1. The maximum atomic E-state index is 13.1. The van der Waals surface area contributed by atoms with Crippen LogP contribution in [-0.4, -0.2) is 79.2 Å². The Morgan fingerprint density at radius 3 is 2.32 bits per heavy atom. The highest BCUT2D eigenvalue weighted by Gasteiger charge is 2.35. The van der Waals surface area contributed by atoms with Crippen molar-refractivity contribution in [2.24, 2.45) is 0 Å². The Kier molecular flexibility index (Phi) is 7.27. The molecule has 10 nitrogen and oxygen atoms in total. The molecule has 37 heavy (non-hydrogen) atoms. The molecule has 0 spiro atoms. The summed E-state index contributed by atoms with van der Waals surface area (Å²) in [6, 6.07) is 14.6. The van der Waals surface area contributed by atoms with E-state index in [4.69, 9.17) is 9.26 Å². The minimum atomic E-state index is -3.52. The van der Waals surface area contributed by atoms with Crippen LogP contribution in [0.1, 0.15) is 24.8 Å². The molecule has 3 heterocycles. The van der Waals surface area contributed by atoms with Gasteiger partial charge in [0, 0.05) is 50.9 Å². The smallest absolute Gasteiger partial charge is 0.414 e. The molecule has 2 aliphatic heterocycles. The molecule has 0 radical (unpaired) electrons. The number of sulfonamides is 1. The lowest BCUT2D eigenvalue weighted by Gasteiger charge is -2.34. The number of carbonyl (C=O) groups excluding carboxylic acids is 1. The van der Waals surface area contributed by atoms with Crippen LogP contribution >= 0.6 is 0 Å². The Morgan fingerprint density at radius 1 is 1.00 bits per heavy atom. The zero-order chi connectivity index (χ0) is 26.0. The first-order valence-electron chi connectivity index (χ1n) is 12.5. The Bertz CT molecular complexity index is 1330. The van der Waals surface area contributed by atoms with Gasteiger partial charge in [0.2, 0.25) is 21.7 Å². The second-order valence-corrected chi connectivity index (χ2v) is 11.3. The zero-order valence-corrected chi connectivity index (χ0v) is 21.9. The summed E-state index contributed by atoms with van der Waals surface area (Å²) in [7, 11) is -3.52. The Morgan fingerprint density at radius 2 is 1.70 bits per heavy atom. The third kappa shape index (κ3) is 5.53. The SMILES string of the molecule is CCCc1ccc(S(=O)(=O)N2CCN(CC3CN(c4ccc(-c5noc(C)n5)cc4)C(=O)O3)CC2)cc1. The summed E-state index contributed by atoms with van der Waals surface area (Å²) in [6.07, 6.45) is 1.28. The van der Waals surface area contributed by atoms with E-state index < -0.39 is 10.0 Å². The van der Waals surface area contributed by atoms with E-state index >= 15 is 0 Å². The highest BCUT2D eigenvalue weighted by atomic mass is 32.2. The number of piperazine rings is 1. The summed E-state index contributed by atoms with van der Waals surface area (Å²) < 4.78 is 38.4. The van der Waals surface area contributed by atoms with Crippen LogP contribution in [-0.2, 0) is 21.2 Å². The lowest BCUT2D eigenvalue weighted by atomic mass is 10.1. The fraction of sp³-hybridized carbons (Fsp3) is 0.423. The second kappa shape index (κ2) is 10.6. The number of hydrogen-bond acceptors (Lipinski definition) is 8. The molecule has 2 saturated heterocycles.